The number of carbonyl (C=O) groups excluding carboxylic acids is 1. The summed E-state index contributed by atoms with van der Waals surface area (Å²) in [5.41, 5.74) is 1.57. The van der Waals surface area contributed by atoms with Crippen molar-refractivity contribution in [1.29, 1.82) is 0 Å². The lowest BCUT2D eigenvalue weighted by Gasteiger charge is -2.21. The molecule has 0 fully saturated rings. The molecule has 1 aliphatic heterocycles. The molecule has 1 aliphatic rings. The second-order valence-electron chi connectivity index (χ2n) is 3.81. The highest BCUT2D eigenvalue weighted by Crippen LogP contribution is 2.31. The van der Waals surface area contributed by atoms with Crippen molar-refractivity contribution in [1.82, 2.24) is 0 Å². The van der Waals surface area contributed by atoms with Crippen LogP contribution in [0.25, 0.3) is 0 Å². The number of hydrogen-bond donors (Lipinski definition) is 1. The highest BCUT2D eigenvalue weighted by Gasteiger charge is 2.18. The first-order chi connectivity index (χ1) is 8.33. The third-order valence-corrected chi connectivity index (χ3v) is 2.63. The van der Waals surface area contributed by atoms with Gasteiger partial charge in [0.2, 0.25) is 0 Å². The Kier molecular flexibility index (Phi) is 3.66. The molecule has 0 aromatic heterocycles. The van der Waals surface area contributed by atoms with Gasteiger partial charge in [-0.05, 0) is 19.1 Å². The quantitative estimate of drug-likeness (QED) is 0.639. The van der Waals surface area contributed by atoms with Crippen LogP contribution < -0.4 is 10.1 Å². The summed E-state index contributed by atoms with van der Waals surface area (Å²) >= 11 is 0. The number of para-hydroxylation sites is 1. The second kappa shape index (κ2) is 5.40. The maximum absolute atomic E-state index is 12.0. The standard InChI is InChI=1S/C14H15NO2/c1-2-3-4-8-13(16)11-6-5-7-12-14(11)17-10-9-15-12/h5-7,15H,4,8-10H2,1H3. The molecule has 0 radical (unpaired) electrons. The lowest BCUT2D eigenvalue weighted by Crippen LogP contribution is -2.20. The number of Topliss-reactive ketones (excluding diaryl/α,β-unsaturated/α-hetero) is 1. The van der Waals surface area contributed by atoms with Gasteiger partial charge in [-0.2, -0.15) is 0 Å². The lowest BCUT2D eigenvalue weighted by atomic mass is 10.0. The van der Waals surface area contributed by atoms with E-state index in [1.807, 2.05) is 18.2 Å². The van der Waals surface area contributed by atoms with Crippen LogP contribution in [0.3, 0.4) is 0 Å². The van der Waals surface area contributed by atoms with E-state index >= 15 is 0 Å². The van der Waals surface area contributed by atoms with Crippen molar-refractivity contribution in [2.45, 2.75) is 19.8 Å². The van der Waals surface area contributed by atoms with Crippen molar-refractivity contribution >= 4 is 11.5 Å². The fourth-order valence-corrected chi connectivity index (χ4v) is 1.83. The van der Waals surface area contributed by atoms with Gasteiger partial charge in [-0.15, -0.1) is 11.8 Å². The Balaban J connectivity index is 2.19. The van der Waals surface area contributed by atoms with Crippen LogP contribution in [0.4, 0.5) is 5.69 Å². The molecule has 2 rings (SSSR count). The molecule has 3 heteroatoms. The van der Waals surface area contributed by atoms with Gasteiger partial charge in [-0.25, -0.2) is 0 Å². The van der Waals surface area contributed by atoms with Crippen molar-refractivity contribution in [3.63, 3.8) is 0 Å². The topological polar surface area (TPSA) is 38.3 Å². The Morgan fingerprint density at radius 3 is 3.24 bits per heavy atom. The summed E-state index contributed by atoms with van der Waals surface area (Å²) in [6.45, 7) is 3.17. The van der Waals surface area contributed by atoms with Crippen LogP contribution >= 0.6 is 0 Å². The predicted molar refractivity (Wildman–Crippen MR) is 67.4 cm³/mol. The van der Waals surface area contributed by atoms with E-state index < -0.39 is 0 Å². The lowest BCUT2D eigenvalue weighted by molar-refractivity contribution is 0.0980. The molecule has 88 valence electrons. The number of nitrogens with one attached hydrogen (secondary N) is 1. The minimum atomic E-state index is 0.0910. The minimum absolute atomic E-state index is 0.0910. The van der Waals surface area contributed by atoms with Crippen LogP contribution in [-0.4, -0.2) is 18.9 Å². The zero-order chi connectivity index (χ0) is 12.1. The molecular formula is C14H15NO2. The Bertz CT molecular complexity index is 483. The number of fused-ring (bicyclic) bond motifs is 1. The molecule has 1 aromatic rings. The van der Waals surface area contributed by atoms with E-state index in [0.29, 0.717) is 30.8 Å². The Morgan fingerprint density at radius 2 is 2.41 bits per heavy atom. The van der Waals surface area contributed by atoms with Gasteiger partial charge in [-0.1, -0.05) is 6.07 Å². The van der Waals surface area contributed by atoms with Gasteiger partial charge >= 0.3 is 0 Å². The average molecular weight is 229 g/mol. The fourth-order valence-electron chi connectivity index (χ4n) is 1.83. The summed E-state index contributed by atoms with van der Waals surface area (Å²) in [5, 5.41) is 3.22. The Hall–Kier alpha value is -1.95. The molecule has 0 saturated heterocycles. The minimum Gasteiger partial charge on any atom is -0.489 e. The SMILES string of the molecule is CC#CCCC(=O)c1cccc2c1OCCN2. The first kappa shape index (κ1) is 11.5. The molecule has 1 N–H and O–H groups in total. The van der Waals surface area contributed by atoms with Gasteiger partial charge in [0.25, 0.3) is 0 Å². The summed E-state index contributed by atoms with van der Waals surface area (Å²) < 4.78 is 5.56. The van der Waals surface area contributed by atoms with Gasteiger partial charge in [0.15, 0.2) is 11.5 Å². The summed E-state index contributed by atoms with van der Waals surface area (Å²) in [7, 11) is 0. The summed E-state index contributed by atoms with van der Waals surface area (Å²) in [4.78, 5) is 12.0. The normalized spacial score (nSPS) is 12.5. The van der Waals surface area contributed by atoms with E-state index in [9.17, 15) is 4.79 Å². The molecule has 1 heterocycles. The van der Waals surface area contributed by atoms with Crippen LogP contribution in [0.2, 0.25) is 0 Å². The van der Waals surface area contributed by atoms with Crippen LogP contribution in [-0.2, 0) is 0 Å². The Labute approximate surface area is 101 Å². The molecule has 0 saturated carbocycles. The smallest absolute Gasteiger partial charge is 0.167 e. The van der Waals surface area contributed by atoms with E-state index in [2.05, 4.69) is 17.2 Å². The number of anilines is 1. The fraction of sp³-hybridized carbons (Fsp3) is 0.357. The molecule has 0 aliphatic carbocycles. The number of ether oxygens (including phenoxy) is 1. The van der Waals surface area contributed by atoms with E-state index in [0.717, 1.165) is 12.2 Å². The average Bonchev–Trinajstić information content (AvgIpc) is 2.38. The molecule has 0 spiro atoms. The number of ketones is 1. The number of benzene rings is 1. The van der Waals surface area contributed by atoms with Gasteiger partial charge in [-0.3, -0.25) is 4.79 Å². The van der Waals surface area contributed by atoms with Crippen molar-refractivity contribution < 1.29 is 9.53 Å². The zero-order valence-corrected chi connectivity index (χ0v) is 9.88. The third kappa shape index (κ3) is 2.59. The van der Waals surface area contributed by atoms with Crippen LogP contribution in [0, 0.1) is 11.8 Å². The van der Waals surface area contributed by atoms with Crippen LogP contribution in [0.15, 0.2) is 18.2 Å². The summed E-state index contributed by atoms with van der Waals surface area (Å²) in [6, 6.07) is 5.61. The van der Waals surface area contributed by atoms with E-state index in [-0.39, 0.29) is 5.78 Å². The van der Waals surface area contributed by atoms with Gasteiger partial charge in [0, 0.05) is 19.4 Å². The Morgan fingerprint density at radius 1 is 1.53 bits per heavy atom. The first-order valence-corrected chi connectivity index (χ1v) is 5.75. The maximum atomic E-state index is 12.0. The molecule has 0 unspecified atom stereocenters. The predicted octanol–water partition coefficient (Wildman–Crippen LogP) is 2.48. The number of rotatable bonds is 3. The zero-order valence-electron chi connectivity index (χ0n) is 9.88. The van der Waals surface area contributed by atoms with E-state index in [1.54, 1.807) is 6.92 Å². The van der Waals surface area contributed by atoms with Crippen LogP contribution in [0.1, 0.15) is 30.1 Å². The molecule has 1 aromatic carbocycles. The summed E-state index contributed by atoms with van der Waals surface area (Å²) in [6.07, 6.45) is 1.05. The monoisotopic (exact) mass is 229 g/mol. The van der Waals surface area contributed by atoms with Crippen molar-refractivity contribution in [2.24, 2.45) is 0 Å². The number of hydrogen-bond acceptors (Lipinski definition) is 3. The number of carbonyl (C=O) groups is 1. The second-order valence-corrected chi connectivity index (χ2v) is 3.81. The highest BCUT2D eigenvalue weighted by molar-refractivity contribution is 6.00. The van der Waals surface area contributed by atoms with Crippen LogP contribution in [0.5, 0.6) is 5.75 Å². The van der Waals surface area contributed by atoms with Crippen molar-refractivity contribution in [3.05, 3.63) is 23.8 Å². The molecule has 3 nitrogen and oxygen atoms in total. The van der Waals surface area contributed by atoms with Gasteiger partial charge < -0.3 is 10.1 Å². The third-order valence-electron chi connectivity index (χ3n) is 2.63. The molecule has 0 amide bonds. The molecule has 0 bridgehead atoms. The van der Waals surface area contributed by atoms with Gasteiger partial charge in [0.1, 0.15) is 6.61 Å². The van der Waals surface area contributed by atoms with Crippen molar-refractivity contribution in [2.75, 3.05) is 18.5 Å². The van der Waals surface area contributed by atoms with E-state index in [1.165, 1.54) is 0 Å². The van der Waals surface area contributed by atoms with Crippen molar-refractivity contribution in [3.8, 4) is 17.6 Å². The highest BCUT2D eigenvalue weighted by atomic mass is 16.5. The maximum Gasteiger partial charge on any atom is 0.167 e. The largest absolute Gasteiger partial charge is 0.489 e. The molecule has 17 heavy (non-hydrogen) atoms. The molecular weight excluding hydrogens is 214 g/mol. The molecule has 0 atom stereocenters. The van der Waals surface area contributed by atoms with Gasteiger partial charge in [0.05, 0.1) is 11.3 Å². The first-order valence-electron chi connectivity index (χ1n) is 5.75. The summed E-state index contributed by atoms with van der Waals surface area (Å²) in [5.74, 6) is 6.47. The van der Waals surface area contributed by atoms with E-state index in [4.69, 9.17) is 4.74 Å².